The van der Waals surface area contributed by atoms with E-state index in [0.717, 1.165) is 17.7 Å². The third kappa shape index (κ3) is 3.67. The van der Waals surface area contributed by atoms with Crippen LogP contribution in [-0.2, 0) is 4.74 Å². The maximum atomic E-state index is 12.3. The lowest BCUT2D eigenvalue weighted by Crippen LogP contribution is -2.39. The molecular weight excluding hydrogens is 268 g/mol. The molecule has 5 heteroatoms. The summed E-state index contributed by atoms with van der Waals surface area (Å²) < 4.78 is 10.6. The van der Waals surface area contributed by atoms with Crippen LogP contribution in [0.5, 0.6) is 5.75 Å². The Bertz CT molecular complexity index is 493. The van der Waals surface area contributed by atoms with Crippen LogP contribution in [-0.4, -0.2) is 36.3 Å². The highest BCUT2D eigenvalue weighted by Crippen LogP contribution is 2.33. The molecule has 0 saturated carbocycles. The molecule has 0 aromatic heterocycles. The van der Waals surface area contributed by atoms with Gasteiger partial charge in [-0.2, -0.15) is 0 Å². The Morgan fingerprint density at radius 1 is 1.29 bits per heavy atom. The minimum atomic E-state index is -0.506. The average Bonchev–Trinajstić information content (AvgIpc) is 2.79. The van der Waals surface area contributed by atoms with E-state index >= 15 is 0 Å². The molecule has 2 N–H and O–H groups in total. The first kappa shape index (κ1) is 15.6. The molecule has 0 bridgehead atoms. The number of methoxy groups -OCH3 is 1. The van der Waals surface area contributed by atoms with Crippen molar-refractivity contribution in [1.82, 2.24) is 4.90 Å². The number of carbonyl (C=O) groups excluding carboxylic acids is 1. The number of nitrogens with two attached hydrogens (primary N) is 1. The van der Waals surface area contributed by atoms with Crippen LogP contribution >= 0.6 is 0 Å². The van der Waals surface area contributed by atoms with E-state index in [9.17, 15) is 4.79 Å². The zero-order valence-corrected chi connectivity index (χ0v) is 13.1. The number of ether oxygens (including phenoxy) is 2. The van der Waals surface area contributed by atoms with Crippen LogP contribution in [0.25, 0.3) is 0 Å². The maximum Gasteiger partial charge on any atom is 0.410 e. The van der Waals surface area contributed by atoms with E-state index in [4.69, 9.17) is 15.2 Å². The van der Waals surface area contributed by atoms with Gasteiger partial charge in [-0.1, -0.05) is 12.1 Å². The van der Waals surface area contributed by atoms with E-state index in [1.54, 1.807) is 12.0 Å². The van der Waals surface area contributed by atoms with Crippen molar-refractivity contribution < 1.29 is 14.3 Å². The Labute approximate surface area is 126 Å². The van der Waals surface area contributed by atoms with Gasteiger partial charge in [0.05, 0.1) is 13.2 Å². The van der Waals surface area contributed by atoms with E-state index in [1.807, 2.05) is 45.0 Å². The summed E-state index contributed by atoms with van der Waals surface area (Å²) in [7, 11) is 1.63. The Kier molecular flexibility index (Phi) is 4.42. The van der Waals surface area contributed by atoms with Crippen molar-refractivity contribution in [1.29, 1.82) is 0 Å². The summed E-state index contributed by atoms with van der Waals surface area (Å²) in [6.45, 7) is 6.21. The van der Waals surface area contributed by atoms with Gasteiger partial charge in [0.1, 0.15) is 11.4 Å². The molecule has 1 amide bonds. The number of hydrogen-bond donors (Lipinski definition) is 1. The molecule has 1 heterocycles. The van der Waals surface area contributed by atoms with Crippen molar-refractivity contribution in [2.75, 3.05) is 13.7 Å². The highest BCUT2D eigenvalue weighted by atomic mass is 16.6. The normalized spacial score (nSPS) is 22.2. The molecule has 5 nitrogen and oxygen atoms in total. The Morgan fingerprint density at radius 3 is 2.43 bits per heavy atom. The first-order chi connectivity index (χ1) is 9.81. The molecule has 1 aliphatic heterocycles. The molecule has 2 rings (SSSR count). The summed E-state index contributed by atoms with van der Waals surface area (Å²) in [5.74, 6) is 0.786. The Balaban J connectivity index is 2.19. The van der Waals surface area contributed by atoms with E-state index in [-0.39, 0.29) is 18.2 Å². The third-order valence-electron chi connectivity index (χ3n) is 3.53. The van der Waals surface area contributed by atoms with Gasteiger partial charge in [-0.05, 0) is 44.9 Å². The second-order valence-corrected chi connectivity index (χ2v) is 6.34. The van der Waals surface area contributed by atoms with Crippen LogP contribution in [0.15, 0.2) is 24.3 Å². The van der Waals surface area contributed by atoms with Crippen molar-refractivity contribution in [3.8, 4) is 5.75 Å². The van der Waals surface area contributed by atoms with Crippen LogP contribution in [0, 0.1) is 0 Å². The minimum Gasteiger partial charge on any atom is -0.497 e. The molecule has 1 aliphatic rings. The molecule has 1 aromatic carbocycles. The van der Waals surface area contributed by atoms with Crippen LogP contribution in [0.1, 0.15) is 38.8 Å². The lowest BCUT2D eigenvalue weighted by atomic mass is 10.0. The molecule has 0 aliphatic carbocycles. The van der Waals surface area contributed by atoms with Crippen molar-refractivity contribution in [2.24, 2.45) is 5.73 Å². The van der Waals surface area contributed by atoms with Gasteiger partial charge in [0.15, 0.2) is 0 Å². The average molecular weight is 292 g/mol. The predicted molar refractivity (Wildman–Crippen MR) is 81.3 cm³/mol. The van der Waals surface area contributed by atoms with Gasteiger partial charge in [-0.3, -0.25) is 4.90 Å². The molecular formula is C16H24N2O3. The second-order valence-electron chi connectivity index (χ2n) is 6.34. The quantitative estimate of drug-likeness (QED) is 0.910. The van der Waals surface area contributed by atoms with Crippen molar-refractivity contribution >= 4 is 6.09 Å². The molecule has 0 unspecified atom stereocenters. The Hall–Kier alpha value is -1.75. The topological polar surface area (TPSA) is 64.8 Å². The summed E-state index contributed by atoms with van der Waals surface area (Å²) in [5, 5.41) is 0. The van der Waals surface area contributed by atoms with Crippen molar-refractivity contribution in [3.63, 3.8) is 0 Å². The smallest absolute Gasteiger partial charge is 0.410 e. The fraction of sp³-hybridized carbons (Fsp3) is 0.562. The number of likely N-dealkylation sites (tertiary alicyclic amines) is 1. The number of nitrogens with zero attached hydrogens (tertiary/aromatic N) is 1. The van der Waals surface area contributed by atoms with Gasteiger partial charge in [0.2, 0.25) is 0 Å². The molecule has 0 radical (unpaired) electrons. The largest absolute Gasteiger partial charge is 0.497 e. The van der Waals surface area contributed by atoms with Crippen molar-refractivity contribution in [2.45, 2.75) is 44.9 Å². The second kappa shape index (κ2) is 5.93. The number of hydrogen-bond acceptors (Lipinski definition) is 4. The fourth-order valence-corrected chi connectivity index (χ4v) is 2.57. The number of carbonyl (C=O) groups is 1. The van der Waals surface area contributed by atoms with Crippen LogP contribution in [0.4, 0.5) is 4.79 Å². The third-order valence-corrected chi connectivity index (χ3v) is 3.53. The summed E-state index contributed by atoms with van der Waals surface area (Å²) in [4.78, 5) is 14.1. The SMILES string of the molecule is COc1ccc([C@H]2[C@H](N)CCN2C(=O)OC(C)(C)C)cc1. The predicted octanol–water partition coefficient (Wildman–Crippen LogP) is 2.70. The first-order valence-corrected chi connectivity index (χ1v) is 7.21. The molecule has 21 heavy (non-hydrogen) atoms. The van der Waals surface area contributed by atoms with Gasteiger partial charge in [0.25, 0.3) is 0 Å². The highest BCUT2D eigenvalue weighted by molar-refractivity contribution is 5.69. The summed E-state index contributed by atoms with van der Waals surface area (Å²) in [5.41, 5.74) is 6.69. The zero-order chi connectivity index (χ0) is 15.6. The number of benzene rings is 1. The van der Waals surface area contributed by atoms with Gasteiger partial charge < -0.3 is 15.2 Å². The first-order valence-electron chi connectivity index (χ1n) is 7.21. The minimum absolute atomic E-state index is 0.0779. The van der Waals surface area contributed by atoms with Gasteiger partial charge in [0, 0.05) is 12.6 Å². The maximum absolute atomic E-state index is 12.3. The van der Waals surface area contributed by atoms with Gasteiger partial charge in [-0.25, -0.2) is 4.79 Å². The van der Waals surface area contributed by atoms with Gasteiger partial charge >= 0.3 is 6.09 Å². The Morgan fingerprint density at radius 2 is 1.90 bits per heavy atom. The van der Waals surface area contributed by atoms with Crippen LogP contribution in [0.3, 0.4) is 0 Å². The van der Waals surface area contributed by atoms with E-state index in [2.05, 4.69) is 0 Å². The van der Waals surface area contributed by atoms with Crippen LogP contribution in [0.2, 0.25) is 0 Å². The number of rotatable bonds is 2. The van der Waals surface area contributed by atoms with E-state index < -0.39 is 5.60 Å². The highest BCUT2D eigenvalue weighted by Gasteiger charge is 2.38. The lowest BCUT2D eigenvalue weighted by Gasteiger charge is -2.30. The lowest BCUT2D eigenvalue weighted by molar-refractivity contribution is 0.0218. The molecule has 1 saturated heterocycles. The molecule has 2 atom stereocenters. The summed E-state index contributed by atoms with van der Waals surface area (Å²) in [6, 6.07) is 7.44. The van der Waals surface area contributed by atoms with Gasteiger partial charge in [-0.15, -0.1) is 0 Å². The number of amides is 1. The standard InChI is InChI=1S/C16H24N2O3/c1-16(2,3)21-15(19)18-10-9-13(17)14(18)11-5-7-12(20-4)8-6-11/h5-8,13-14H,9-10,17H2,1-4H3/t13-,14+/m1/s1. The van der Waals surface area contributed by atoms with E-state index in [1.165, 1.54) is 0 Å². The monoisotopic (exact) mass is 292 g/mol. The molecule has 1 aromatic rings. The molecule has 1 fully saturated rings. The fourth-order valence-electron chi connectivity index (χ4n) is 2.57. The summed E-state index contributed by atoms with van der Waals surface area (Å²) in [6.07, 6.45) is 0.465. The molecule has 0 spiro atoms. The van der Waals surface area contributed by atoms with E-state index in [0.29, 0.717) is 6.54 Å². The molecule has 116 valence electrons. The zero-order valence-electron chi connectivity index (χ0n) is 13.1. The van der Waals surface area contributed by atoms with Crippen molar-refractivity contribution in [3.05, 3.63) is 29.8 Å². The van der Waals surface area contributed by atoms with Crippen LogP contribution < -0.4 is 10.5 Å². The summed E-state index contributed by atoms with van der Waals surface area (Å²) >= 11 is 0.